The molecule has 0 bridgehead atoms. The SMILES string of the molecule is Cc1cccc(NC(=O)c2ccccc2NC(=O)CN2CCCCCC2)c1. The number of amides is 2. The molecule has 5 nitrogen and oxygen atoms in total. The number of aryl methyl sites for hydroxylation is 1. The maximum atomic E-state index is 12.7. The van der Waals surface area contributed by atoms with Crippen LogP contribution in [0.4, 0.5) is 11.4 Å². The maximum Gasteiger partial charge on any atom is 0.257 e. The summed E-state index contributed by atoms with van der Waals surface area (Å²) in [6.45, 7) is 4.27. The predicted molar refractivity (Wildman–Crippen MR) is 109 cm³/mol. The van der Waals surface area contributed by atoms with Gasteiger partial charge in [0.15, 0.2) is 0 Å². The van der Waals surface area contributed by atoms with Crippen LogP contribution in [0.2, 0.25) is 0 Å². The normalized spacial score (nSPS) is 15.0. The molecule has 0 saturated carbocycles. The summed E-state index contributed by atoms with van der Waals surface area (Å²) in [6.07, 6.45) is 4.76. The lowest BCUT2D eigenvalue weighted by molar-refractivity contribution is -0.117. The van der Waals surface area contributed by atoms with Crippen LogP contribution in [0.25, 0.3) is 0 Å². The van der Waals surface area contributed by atoms with E-state index in [2.05, 4.69) is 15.5 Å². The average Bonchev–Trinajstić information content (AvgIpc) is 2.90. The zero-order valence-corrected chi connectivity index (χ0v) is 15.8. The van der Waals surface area contributed by atoms with Gasteiger partial charge < -0.3 is 10.6 Å². The maximum absolute atomic E-state index is 12.7. The number of carbonyl (C=O) groups is 2. The number of nitrogens with one attached hydrogen (secondary N) is 2. The summed E-state index contributed by atoms with van der Waals surface area (Å²) in [7, 11) is 0. The van der Waals surface area contributed by atoms with E-state index in [1.54, 1.807) is 18.2 Å². The van der Waals surface area contributed by atoms with Gasteiger partial charge in [-0.3, -0.25) is 14.5 Å². The fourth-order valence-electron chi connectivity index (χ4n) is 3.40. The van der Waals surface area contributed by atoms with E-state index in [-0.39, 0.29) is 11.8 Å². The molecule has 1 saturated heterocycles. The van der Waals surface area contributed by atoms with E-state index in [0.29, 0.717) is 17.8 Å². The molecule has 0 spiro atoms. The lowest BCUT2D eigenvalue weighted by atomic mass is 10.1. The monoisotopic (exact) mass is 365 g/mol. The summed E-state index contributed by atoms with van der Waals surface area (Å²) in [5.41, 5.74) is 2.82. The molecule has 27 heavy (non-hydrogen) atoms. The number of carbonyl (C=O) groups excluding carboxylic acids is 2. The topological polar surface area (TPSA) is 61.4 Å². The Balaban J connectivity index is 1.66. The number of anilines is 2. The molecule has 2 amide bonds. The van der Waals surface area contributed by atoms with Gasteiger partial charge in [0, 0.05) is 5.69 Å². The highest BCUT2D eigenvalue weighted by molar-refractivity contribution is 6.10. The molecule has 5 heteroatoms. The second-order valence-corrected chi connectivity index (χ2v) is 7.11. The zero-order chi connectivity index (χ0) is 19.1. The van der Waals surface area contributed by atoms with Gasteiger partial charge >= 0.3 is 0 Å². The Morgan fingerprint density at radius 2 is 1.67 bits per heavy atom. The van der Waals surface area contributed by atoms with Crippen molar-refractivity contribution < 1.29 is 9.59 Å². The van der Waals surface area contributed by atoms with Crippen LogP contribution in [-0.4, -0.2) is 36.3 Å². The summed E-state index contributed by atoms with van der Waals surface area (Å²) < 4.78 is 0. The molecule has 0 aromatic heterocycles. The van der Waals surface area contributed by atoms with Crippen LogP contribution in [0.1, 0.15) is 41.6 Å². The molecular formula is C22H27N3O2. The highest BCUT2D eigenvalue weighted by Gasteiger charge is 2.16. The molecule has 1 fully saturated rings. The van der Waals surface area contributed by atoms with Crippen molar-refractivity contribution in [2.45, 2.75) is 32.6 Å². The highest BCUT2D eigenvalue weighted by atomic mass is 16.2. The Morgan fingerprint density at radius 3 is 2.41 bits per heavy atom. The molecule has 1 aliphatic rings. The fraction of sp³-hybridized carbons (Fsp3) is 0.364. The smallest absolute Gasteiger partial charge is 0.257 e. The van der Waals surface area contributed by atoms with E-state index in [9.17, 15) is 9.59 Å². The van der Waals surface area contributed by atoms with E-state index in [0.717, 1.165) is 37.2 Å². The van der Waals surface area contributed by atoms with Crippen molar-refractivity contribution in [1.82, 2.24) is 4.90 Å². The lowest BCUT2D eigenvalue weighted by Gasteiger charge is -2.19. The molecule has 0 radical (unpaired) electrons. The molecule has 2 aromatic rings. The van der Waals surface area contributed by atoms with Gasteiger partial charge in [0.25, 0.3) is 5.91 Å². The number of benzene rings is 2. The molecule has 1 aliphatic heterocycles. The highest BCUT2D eigenvalue weighted by Crippen LogP contribution is 2.18. The van der Waals surface area contributed by atoms with E-state index >= 15 is 0 Å². The second kappa shape index (κ2) is 9.33. The lowest BCUT2D eigenvalue weighted by Crippen LogP contribution is -2.34. The molecular weight excluding hydrogens is 338 g/mol. The third-order valence-corrected chi connectivity index (χ3v) is 4.79. The number of rotatable bonds is 5. The van der Waals surface area contributed by atoms with Crippen LogP contribution >= 0.6 is 0 Å². The van der Waals surface area contributed by atoms with Crippen LogP contribution in [0.3, 0.4) is 0 Å². The first-order chi connectivity index (χ1) is 13.1. The molecule has 0 unspecified atom stereocenters. The quantitative estimate of drug-likeness (QED) is 0.840. The van der Waals surface area contributed by atoms with Gasteiger partial charge in [-0.05, 0) is 62.7 Å². The predicted octanol–water partition coefficient (Wildman–Crippen LogP) is 4.06. The molecule has 1 heterocycles. The first-order valence-electron chi connectivity index (χ1n) is 9.61. The number of para-hydroxylation sites is 1. The van der Waals surface area contributed by atoms with Gasteiger partial charge in [-0.25, -0.2) is 0 Å². The van der Waals surface area contributed by atoms with Crippen LogP contribution < -0.4 is 10.6 Å². The third kappa shape index (κ3) is 5.66. The van der Waals surface area contributed by atoms with E-state index < -0.39 is 0 Å². The summed E-state index contributed by atoms with van der Waals surface area (Å²) in [4.78, 5) is 27.4. The van der Waals surface area contributed by atoms with Gasteiger partial charge in [0.1, 0.15) is 0 Å². The van der Waals surface area contributed by atoms with Crippen molar-refractivity contribution in [3.8, 4) is 0 Å². The summed E-state index contributed by atoms with van der Waals surface area (Å²) >= 11 is 0. The van der Waals surface area contributed by atoms with Crippen molar-refractivity contribution in [2.24, 2.45) is 0 Å². The minimum Gasteiger partial charge on any atom is -0.324 e. The standard InChI is InChI=1S/C22H27N3O2/c1-17-9-8-10-18(15-17)23-22(27)19-11-4-5-12-20(19)24-21(26)16-25-13-6-2-3-7-14-25/h4-5,8-12,15H,2-3,6-7,13-14,16H2,1H3,(H,23,27)(H,24,26). The van der Waals surface area contributed by atoms with Crippen molar-refractivity contribution in [3.63, 3.8) is 0 Å². The Kier molecular flexibility index (Phi) is 6.60. The van der Waals surface area contributed by atoms with Gasteiger partial charge in [-0.2, -0.15) is 0 Å². The van der Waals surface area contributed by atoms with Crippen LogP contribution in [0, 0.1) is 6.92 Å². The average molecular weight is 365 g/mol. The Labute approximate surface area is 160 Å². The molecule has 3 rings (SSSR count). The van der Waals surface area contributed by atoms with Crippen LogP contribution in [0.15, 0.2) is 48.5 Å². The van der Waals surface area contributed by atoms with E-state index in [1.807, 2.05) is 37.3 Å². The van der Waals surface area contributed by atoms with Crippen molar-refractivity contribution >= 4 is 23.2 Å². The summed E-state index contributed by atoms with van der Waals surface area (Å²) in [6, 6.07) is 14.8. The van der Waals surface area contributed by atoms with E-state index in [4.69, 9.17) is 0 Å². The number of likely N-dealkylation sites (tertiary alicyclic amines) is 1. The molecule has 2 aromatic carbocycles. The number of hydrogen-bond donors (Lipinski definition) is 2. The molecule has 142 valence electrons. The Morgan fingerprint density at radius 1 is 0.926 bits per heavy atom. The zero-order valence-electron chi connectivity index (χ0n) is 15.8. The summed E-state index contributed by atoms with van der Waals surface area (Å²) in [5.74, 6) is -0.307. The Hall–Kier alpha value is -2.66. The van der Waals surface area contributed by atoms with E-state index in [1.165, 1.54) is 12.8 Å². The summed E-state index contributed by atoms with van der Waals surface area (Å²) in [5, 5.41) is 5.82. The first-order valence-corrected chi connectivity index (χ1v) is 9.61. The second-order valence-electron chi connectivity index (χ2n) is 7.11. The largest absolute Gasteiger partial charge is 0.324 e. The van der Waals surface area contributed by atoms with Gasteiger partial charge in [0.05, 0.1) is 17.8 Å². The van der Waals surface area contributed by atoms with Crippen LogP contribution in [0.5, 0.6) is 0 Å². The molecule has 0 aliphatic carbocycles. The van der Waals surface area contributed by atoms with Crippen molar-refractivity contribution in [3.05, 3.63) is 59.7 Å². The van der Waals surface area contributed by atoms with Crippen molar-refractivity contribution in [2.75, 3.05) is 30.3 Å². The number of nitrogens with zero attached hydrogens (tertiary/aromatic N) is 1. The van der Waals surface area contributed by atoms with Crippen molar-refractivity contribution in [1.29, 1.82) is 0 Å². The molecule has 0 atom stereocenters. The number of hydrogen-bond acceptors (Lipinski definition) is 3. The third-order valence-electron chi connectivity index (χ3n) is 4.79. The minimum absolute atomic E-state index is 0.0762. The first kappa shape index (κ1) is 19.1. The Bertz CT molecular complexity index is 796. The fourth-order valence-corrected chi connectivity index (χ4v) is 3.40. The van der Waals surface area contributed by atoms with Gasteiger partial charge in [-0.15, -0.1) is 0 Å². The minimum atomic E-state index is -0.230. The van der Waals surface area contributed by atoms with Gasteiger partial charge in [-0.1, -0.05) is 37.1 Å². The van der Waals surface area contributed by atoms with Crippen LogP contribution in [-0.2, 0) is 4.79 Å². The molecule has 2 N–H and O–H groups in total. The van der Waals surface area contributed by atoms with Gasteiger partial charge in [0.2, 0.25) is 5.91 Å².